The quantitative estimate of drug-likeness (QED) is 0.846. The summed E-state index contributed by atoms with van der Waals surface area (Å²) in [6.45, 7) is 1.94. The van der Waals surface area contributed by atoms with Gasteiger partial charge in [0, 0.05) is 25.2 Å². The van der Waals surface area contributed by atoms with Gasteiger partial charge in [0.1, 0.15) is 11.7 Å². The van der Waals surface area contributed by atoms with Crippen LogP contribution in [0.4, 0.5) is 10.1 Å². The number of nitrogens with zero attached hydrogens (tertiary/aromatic N) is 3. The van der Waals surface area contributed by atoms with E-state index in [0.29, 0.717) is 5.56 Å². The van der Waals surface area contributed by atoms with Gasteiger partial charge in [0.15, 0.2) is 0 Å². The largest absolute Gasteiger partial charge is 0.371 e. The Morgan fingerprint density at radius 3 is 2.30 bits per heavy atom. The van der Waals surface area contributed by atoms with Gasteiger partial charge in [0.2, 0.25) is 0 Å². The van der Waals surface area contributed by atoms with Crippen molar-refractivity contribution >= 4 is 5.69 Å². The minimum Gasteiger partial charge on any atom is -0.371 e. The molecule has 1 aliphatic heterocycles. The molecule has 1 saturated heterocycles. The molecule has 1 aromatic carbocycles. The Balaban J connectivity index is 2.13. The molecule has 0 aliphatic carbocycles. The number of hydrogen-bond acceptors (Lipinski definition) is 3. The summed E-state index contributed by atoms with van der Waals surface area (Å²) in [5.74, 6) is -1.10. The Kier molecular flexibility index (Phi) is 4.96. The maximum atomic E-state index is 14.1. The summed E-state index contributed by atoms with van der Waals surface area (Å²) in [6, 6.07) is 8.89. The molecule has 0 saturated carbocycles. The van der Waals surface area contributed by atoms with E-state index in [2.05, 4.69) is 4.90 Å². The third-order valence-corrected chi connectivity index (χ3v) is 3.74. The highest BCUT2D eigenvalue weighted by molar-refractivity contribution is 5.48. The van der Waals surface area contributed by atoms with Gasteiger partial charge in [-0.3, -0.25) is 0 Å². The Morgan fingerprint density at radius 1 is 1.10 bits per heavy atom. The summed E-state index contributed by atoms with van der Waals surface area (Å²) in [4.78, 5) is 2.21. The normalized spacial score (nSPS) is 15.5. The first kappa shape index (κ1) is 14.3. The van der Waals surface area contributed by atoms with Gasteiger partial charge < -0.3 is 4.90 Å². The van der Waals surface area contributed by atoms with Crippen molar-refractivity contribution in [1.29, 1.82) is 10.5 Å². The topological polar surface area (TPSA) is 50.8 Å². The Hall–Kier alpha value is -2.07. The molecule has 0 aromatic heterocycles. The maximum Gasteiger partial charge on any atom is 0.137 e. The average molecular weight is 271 g/mol. The predicted molar refractivity (Wildman–Crippen MR) is 75.5 cm³/mol. The van der Waals surface area contributed by atoms with Crippen LogP contribution in [0.15, 0.2) is 18.2 Å². The highest BCUT2D eigenvalue weighted by Gasteiger charge is 2.14. The molecule has 1 heterocycles. The van der Waals surface area contributed by atoms with E-state index in [9.17, 15) is 4.39 Å². The first-order valence-corrected chi connectivity index (χ1v) is 7.07. The molecule has 3 nitrogen and oxygen atoms in total. The zero-order valence-corrected chi connectivity index (χ0v) is 11.5. The van der Waals surface area contributed by atoms with Crippen LogP contribution in [0.1, 0.15) is 31.2 Å². The zero-order chi connectivity index (χ0) is 14.4. The number of halogens is 1. The number of rotatable bonds is 3. The molecular weight excluding hydrogens is 253 g/mol. The molecule has 4 heteroatoms. The van der Waals surface area contributed by atoms with Crippen LogP contribution in [0.25, 0.3) is 0 Å². The fourth-order valence-electron chi connectivity index (χ4n) is 2.57. The van der Waals surface area contributed by atoms with Gasteiger partial charge in [-0.25, -0.2) is 4.39 Å². The lowest BCUT2D eigenvalue weighted by atomic mass is 10.0. The molecule has 0 bridgehead atoms. The van der Waals surface area contributed by atoms with Gasteiger partial charge in [-0.2, -0.15) is 10.5 Å². The van der Waals surface area contributed by atoms with Crippen molar-refractivity contribution in [2.75, 3.05) is 18.0 Å². The molecule has 104 valence electrons. The lowest BCUT2D eigenvalue weighted by Gasteiger charge is -2.23. The Morgan fingerprint density at radius 2 is 1.75 bits per heavy atom. The van der Waals surface area contributed by atoms with Gasteiger partial charge >= 0.3 is 0 Å². The fourth-order valence-corrected chi connectivity index (χ4v) is 2.57. The monoisotopic (exact) mass is 271 g/mol. The van der Waals surface area contributed by atoms with Gasteiger partial charge in [-0.05, 0) is 30.5 Å². The van der Waals surface area contributed by atoms with Crippen molar-refractivity contribution in [2.24, 2.45) is 5.92 Å². The maximum absolute atomic E-state index is 14.1. The number of nitriles is 2. The Bertz CT molecular complexity index is 520. The lowest BCUT2D eigenvalue weighted by Crippen LogP contribution is -2.24. The van der Waals surface area contributed by atoms with Crippen molar-refractivity contribution in [2.45, 2.75) is 32.1 Å². The summed E-state index contributed by atoms with van der Waals surface area (Å²) >= 11 is 0. The van der Waals surface area contributed by atoms with Crippen LogP contribution in [0.5, 0.6) is 0 Å². The molecule has 0 unspecified atom stereocenters. The summed E-state index contributed by atoms with van der Waals surface area (Å²) in [5, 5.41) is 17.5. The Labute approximate surface area is 119 Å². The first-order valence-electron chi connectivity index (χ1n) is 7.07. The van der Waals surface area contributed by atoms with E-state index in [1.54, 1.807) is 6.07 Å². The molecule has 0 atom stereocenters. The van der Waals surface area contributed by atoms with Crippen molar-refractivity contribution in [1.82, 2.24) is 0 Å². The molecule has 20 heavy (non-hydrogen) atoms. The van der Waals surface area contributed by atoms with Crippen LogP contribution in [0, 0.1) is 34.4 Å². The minimum absolute atomic E-state index is 0.152. The molecule has 2 rings (SSSR count). The van der Waals surface area contributed by atoms with Crippen molar-refractivity contribution < 1.29 is 4.39 Å². The summed E-state index contributed by atoms with van der Waals surface area (Å²) in [6.07, 6.45) is 4.92. The molecule has 1 aromatic rings. The van der Waals surface area contributed by atoms with Crippen molar-refractivity contribution in [3.63, 3.8) is 0 Å². The standard InChI is InChI=1S/C16H18FN3/c17-16-10-15(20-7-3-1-2-4-8-20)6-5-14(16)9-13(11-18)12-19/h5-6,10,13H,1-4,7-9H2. The van der Waals surface area contributed by atoms with E-state index in [4.69, 9.17) is 10.5 Å². The van der Waals surface area contributed by atoms with Gasteiger partial charge in [-0.15, -0.1) is 0 Å². The van der Waals surface area contributed by atoms with E-state index in [0.717, 1.165) is 31.6 Å². The SMILES string of the molecule is N#CC(C#N)Cc1ccc(N2CCCCCC2)cc1F. The second-order valence-corrected chi connectivity index (χ2v) is 5.19. The highest BCUT2D eigenvalue weighted by Crippen LogP contribution is 2.23. The summed E-state index contributed by atoms with van der Waals surface area (Å²) in [5.41, 5.74) is 1.34. The summed E-state index contributed by atoms with van der Waals surface area (Å²) < 4.78 is 14.1. The third kappa shape index (κ3) is 3.48. The highest BCUT2D eigenvalue weighted by atomic mass is 19.1. The molecule has 0 spiro atoms. The van der Waals surface area contributed by atoms with Crippen LogP contribution in [0.3, 0.4) is 0 Å². The second-order valence-electron chi connectivity index (χ2n) is 5.19. The van der Waals surface area contributed by atoms with Crippen molar-refractivity contribution in [3.05, 3.63) is 29.6 Å². The fraction of sp³-hybridized carbons (Fsp3) is 0.500. The molecular formula is C16H18FN3. The van der Waals surface area contributed by atoms with Crippen LogP contribution in [-0.2, 0) is 6.42 Å². The minimum atomic E-state index is -0.784. The van der Waals surface area contributed by atoms with E-state index < -0.39 is 5.92 Å². The predicted octanol–water partition coefficient (Wildman–Crippen LogP) is 3.41. The zero-order valence-electron chi connectivity index (χ0n) is 11.5. The number of benzene rings is 1. The van der Waals surface area contributed by atoms with Gasteiger partial charge in [0.05, 0.1) is 12.1 Å². The van der Waals surface area contributed by atoms with Crippen molar-refractivity contribution in [3.8, 4) is 12.1 Å². The van der Waals surface area contributed by atoms with E-state index in [1.165, 1.54) is 18.9 Å². The number of hydrogen-bond donors (Lipinski definition) is 0. The molecule has 0 radical (unpaired) electrons. The second kappa shape index (κ2) is 6.91. The molecule has 0 amide bonds. The van der Waals surface area contributed by atoms with E-state index >= 15 is 0 Å². The van der Waals surface area contributed by atoms with E-state index in [1.807, 2.05) is 18.2 Å². The summed E-state index contributed by atoms with van der Waals surface area (Å²) in [7, 11) is 0. The van der Waals surface area contributed by atoms with Crippen LogP contribution < -0.4 is 4.90 Å². The lowest BCUT2D eigenvalue weighted by molar-refractivity contribution is 0.601. The molecule has 0 N–H and O–H groups in total. The van der Waals surface area contributed by atoms with Gasteiger partial charge in [0.25, 0.3) is 0 Å². The molecule has 1 fully saturated rings. The van der Waals surface area contributed by atoms with Crippen LogP contribution in [-0.4, -0.2) is 13.1 Å². The van der Waals surface area contributed by atoms with E-state index in [-0.39, 0.29) is 12.2 Å². The van der Waals surface area contributed by atoms with Crippen LogP contribution in [0.2, 0.25) is 0 Å². The molecule has 1 aliphatic rings. The first-order chi connectivity index (χ1) is 9.74. The average Bonchev–Trinajstić information content (AvgIpc) is 2.75. The van der Waals surface area contributed by atoms with Gasteiger partial charge in [-0.1, -0.05) is 18.9 Å². The van der Waals surface area contributed by atoms with Crippen LogP contribution >= 0.6 is 0 Å². The smallest absolute Gasteiger partial charge is 0.137 e. The number of anilines is 1. The third-order valence-electron chi connectivity index (χ3n) is 3.74.